The maximum Gasteiger partial charge on any atom is 0.488 e. The number of benzene rings is 5. The van der Waals surface area contributed by atoms with E-state index in [0.717, 1.165) is 45.1 Å². The number of carbonyl (C=O) groups is 4. The Kier molecular flexibility index (Phi) is 43.7. The van der Waals surface area contributed by atoms with Crippen LogP contribution in [-0.4, -0.2) is 137 Å². The Labute approximate surface area is 664 Å². The van der Waals surface area contributed by atoms with Gasteiger partial charge in [-0.05, 0) is 193 Å². The number of carbonyl (C=O) groups excluding carboxylic acids is 4. The van der Waals surface area contributed by atoms with E-state index in [1.165, 1.54) is 106 Å². The summed E-state index contributed by atoms with van der Waals surface area (Å²) in [4.78, 5) is 49.8. The molecule has 2 fully saturated rings. The number of phenols is 1. The first-order valence-corrected chi connectivity index (χ1v) is 40.3. The van der Waals surface area contributed by atoms with Gasteiger partial charge in [-0.1, -0.05) is 218 Å². The fourth-order valence-corrected chi connectivity index (χ4v) is 14.1. The van der Waals surface area contributed by atoms with E-state index in [1.807, 2.05) is 78.8 Å². The number of phenolic OH excluding ortho intramolecular Hbond substituents is 1. The molecule has 10 rings (SSSR count). The fraction of sp³-hybridized carbons (Fsp3) is 0.512. The molecule has 10 N–H and O–H groups in total. The predicted molar refractivity (Wildman–Crippen MR) is 457 cm³/mol. The third kappa shape index (κ3) is 35.9. The highest BCUT2D eigenvalue weighted by Crippen LogP contribution is 2.48. The van der Waals surface area contributed by atoms with Gasteiger partial charge in [0.05, 0.1) is 12.2 Å². The van der Waals surface area contributed by atoms with E-state index in [0.29, 0.717) is 68.8 Å². The van der Waals surface area contributed by atoms with E-state index in [2.05, 4.69) is 127 Å². The quantitative estimate of drug-likeness (QED) is 0.0188. The lowest BCUT2D eigenvalue weighted by Crippen LogP contribution is -2.37. The molecular formula is C86H129B4N7O12S. The molecule has 5 unspecified atom stereocenters. The van der Waals surface area contributed by atoms with E-state index in [1.54, 1.807) is 102 Å². The summed E-state index contributed by atoms with van der Waals surface area (Å²) in [7, 11) is -1.49. The summed E-state index contributed by atoms with van der Waals surface area (Å²) < 4.78 is 5.79. The number of allylic oxidation sites excluding steroid dienone is 5. The van der Waals surface area contributed by atoms with Crippen molar-refractivity contribution in [1.82, 2.24) is 31.0 Å². The number of nitrogens with two attached hydrogens (primary N) is 1. The smallest absolute Gasteiger partial charge is 0.488 e. The van der Waals surface area contributed by atoms with Crippen LogP contribution < -0.4 is 38.4 Å². The molecule has 0 bridgehead atoms. The number of amides is 1. The van der Waals surface area contributed by atoms with E-state index >= 15 is 0 Å². The number of aryl methyl sites for hydroxylation is 2. The Bertz CT molecular complexity index is 3670. The highest BCUT2D eigenvalue weighted by atomic mass is 32.2. The van der Waals surface area contributed by atoms with Gasteiger partial charge < -0.3 is 50.4 Å². The molecule has 24 heteroatoms. The molecular weight excluding hydrogens is 1400 g/mol. The summed E-state index contributed by atoms with van der Waals surface area (Å²) >= 11 is 2.14. The van der Waals surface area contributed by atoms with Gasteiger partial charge >= 0.3 is 33.8 Å². The minimum Gasteiger partial charge on any atom is -0.507 e. The van der Waals surface area contributed by atoms with Gasteiger partial charge in [0.15, 0.2) is 17.4 Å². The van der Waals surface area contributed by atoms with Crippen LogP contribution in [0.5, 0.6) is 5.75 Å². The number of fused-ring (bicyclic) bond motifs is 1. The number of aromatic nitrogens is 4. The second kappa shape index (κ2) is 49.8. The van der Waals surface area contributed by atoms with Crippen molar-refractivity contribution in [2.24, 2.45) is 40.9 Å². The highest BCUT2D eigenvalue weighted by molar-refractivity contribution is 8.00. The van der Waals surface area contributed by atoms with Crippen molar-refractivity contribution in [2.45, 2.75) is 244 Å². The SMILES string of the molecule is C=C1CC2C(CSC2C(C)(C)C)N1.CB(O)c1cc(B(O)O)cc(C(C)C)c1.CB(O)c1ccc(C(=O)C(C)C)cc1.CB(O)c1ccc(C(=O)NC(C)C)cc1.CC(C)C(=O)c1ccc(C(=O)ON)c(O)c1.CC(C)C1CC/C=C/CCC1.CC(C)OC1CC/C=C/CCC1.Cc1ccc(-c2nnc(C)nn2)cc1. The van der Waals surface area contributed by atoms with E-state index in [-0.39, 0.29) is 46.7 Å². The van der Waals surface area contributed by atoms with Crippen molar-refractivity contribution in [3.63, 3.8) is 0 Å². The average molecular weight is 1530 g/mol. The number of aromatic hydroxyl groups is 1. The number of ketones is 2. The standard InChI is InChI=1S/C11H16BNO2.C11H15BO2.C11H13NO4.C11H19NS.C11H20O.C11H20.C10H16B2O3.C10H10N4/c1-8(2)13-11(14)9-4-6-10(7-5-9)12(3)15;1-8(2)11(13)9-4-6-10(7-5-9)12(3)14;1-6(2)10(14)7-3-4-8(9(13)5-7)11(15)16-12;1-7-5-8-9(12-7)6-13-10(8)11(2,3)4;1-10(2)12-11-8-6-4-3-5-7-9-11;1-10(2)11-8-6-4-3-5-7-9-11;1-7(2)8-4-9(11(3)13)6-10(5-8)12(14)15;1-7-3-5-9(6-4-7)10-13-11-8(2)12-14-10/h4-8,15H,1-3H3,(H,13,14);4-8,14H,1-3H3;3-6,13H,12H2,1-2H3;8-10,12H,1,5-6H2,2-4H3;3-4,10-11H,5-9H2,1-2H3;3-4,10-11H,5-9H2,1-2H3;4-7,13-15H,1-3H3;3-6H,1-2H3/b;;;;2*4-3+;;. The molecule has 3 heterocycles. The van der Waals surface area contributed by atoms with Gasteiger partial charge in [0, 0.05) is 62.9 Å². The van der Waals surface area contributed by atoms with Crippen LogP contribution in [0.1, 0.15) is 239 Å². The van der Waals surface area contributed by atoms with Crippen LogP contribution in [0, 0.1) is 48.9 Å². The van der Waals surface area contributed by atoms with Gasteiger partial charge in [0.2, 0.25) is 5.82 Å². The average Bonchev–Trinajstić information content (AvgIpc) is 1.63. The summed E-state index contributed by atoms with van der Waals surface area (Å²) in [5, 5.41) is 78.5. The monoisotopic (exact) mass is 1530 g/mol. The molecule has 598 valence electrons. The molecule has 110 heavy (non-hydrogen) atoms. The number of hydrogen-bond donors (Lipinski definition) is 9. The summed E-state index contributed by atoms with van der Waals surface area (Å²) in [6.07, 6.45) is 24.4. The van der Waals surface area contributed by atoms with Crippen LogP contribution in [-0.2, 0) is 9.57 Å². The van der Waals surface area contributed by atoms with Gasteiger partial charge in [0.1, 0.15) is 11.3 Å². The first kappa shape index (κ1) is 96.7. The van der Waals surface area contributed by atoms with E-state index < -0.39 is 33.8 Å². The number of rotatable bonds is 16. The molecule has 0 saturated carbocycles. The Balaban J connectivity index is 0.000000326. The van der Waals surface area contributed by atoms with Gasteiger partial charge in [0.25, 0.3) is 5.91 Å². The van der Waals surface area contributed by atoms with Gasteiger partial charge in [-0.15, -0.1) is 20.4 Å². The van der Waals surface area contributed by atoms with Crippen LogP contribution in [0.4, 0.5) is 0 Å². The van der Waals surface area contributed by atoms with Crippen LogP contribution in [0.3, 0.4) is 0 Å². The summed E-state index contributed by atoms with van der Waals surface area (Å²) in [5.74, 6) is 8.74. The predicted octanol–water partition coefficient (Wildman–Crippen LogP) is 13.8. The number of Topliss-reactive ketones (excluding diaryl/α,β-unsaturated/α-hetero) is 2. The van der Waals surface area contributed by atoms with Crippen LogP contribution in [0.25, 0.3) is 11.4 Å². The second-order valence-corrected chi connectivity index (χ2v) is 33.0. The van der Waals surface area contributed by atoms with Crippen LogP contribution in [0.15, 0.2) is 146 Å². The molecule has 19 nitrogen and oxygen atoms in total. The number of thioether (sulfide) groups is 1. The van der Waals surface area contributed by atoms with Gasteiger partial charge in [-0.25, -0.2) is 4.79 Å². The molecule has 5 atom stereocenters. The minimum atomic E-state index is -1.49. The number of hydrogen-bond acceptors (Lipinski definition) is 19. The zero-order chi connectivity index (χ0) is 82.5. The fourth-order valence-electron chi connectivity index (χ4n) is 12.4. The molecule has 4 aliphatic rings. The molecule has 2 aliphatic heterocycles. The molecule has 2 aliphatic carbocycles. The zero-order valence-corrected chi connectivity index (χ0v) is 70.3. The maximum absolute atomic E-state index is 11.6. The van der Waals surface area contributed by atoms with Gasteiger partial charge in [-0.2, -0.15) is 17.7 Å². The third-order valence-electron chi connectivity index (χ3n) is 18.8. The molecule has 2 saturated heterocycles. The van der Waals surface area contributed by atoms with Gasteiger partial charge in [-0.3, -0.25) is 14.4 Å². The largest absolute Gasteiger partial charge is 0.507 e. The third-order valence-corrected chi connectivity index (χ3v) is 20.7. The first-order chi connectivity index (χ1) is 51.7. The maximum atomic E-state index is 11.6. The number of nitrogens with one attached hydrogen (secondary N) is 2. The second-order valence-electron chi connectivity index (χ2n) is 31.8. The topological polar surface area (TPSA) is 310 Å². The van der Waals surface area contributed by atoms with Crippen LogP contribution >= 0.6 is 11.8 Å². The van der Waals surface area contributed by atoms with Crippen molar-refractivity contribution in [1.29, 1.82) is 0 Å². The lowest BCUT2D eigenvalue weighted by atomic mass is 9.61. The summed E-state index contributed by atoms with van der Waals surface area (Å²) in [6, 6.07) is 32.1. The first-order valence-electron chi connectivity index (χ1n) is 39.2. The summed E-state index contributed by atoms with van der Waals surface area (Å²) in [6.45, 7) is 42.5. The molecule has 0 radical (unpaired) electrons. The Morgan fingerprint density at radius 3 is 1.58 bits per heavy atom. The normalized spacial score (nSPS) is 17.6. The summed E-state index contributed by atoms with van der Waals surface area (Å²) in [5.41, 5.74) is 9.25. The van der Waals surface area contributed by atoms with Crippen LogP contribution in [0.2, 0.25) is 20.5 Å². The van der Waals surface area contributed by atoms with Crippen molar-refractivity contribution in [3.05, 3.63) is 185 Å². The Morgan fingerprint density at radius 1 is 0.609 bits per heavy atom. The Hall–Kier alpha value is -7.53. The highest BCUT2D eigenvalue weighted by Gasteiger charge is 2.46. The van der Waals surface area contributed by atoms with Crippen molar-refractivity contribution >= 4 is 84.9 Å². The Morgan fingerprint density at radius 2 is 1.11 bits per heavy atom. The van der Waals surface area contributed by atoms with E-state index in [4.69, 9.17) is 20.7 Å². The number of nitrogens with zero attached hydrogens (tertiary/aromatic N) is 4. The van der Waals surface area contributed by atoms with Crippen molar-refractivity contribution in [2.75, 3.05) is 5.75 Å². The van der Waals surface area contributed by atoms with Crippen molar-refractivity contribution < 1.29 is 59.0 Å². The molecule has 0 spiro atoms. The van der Waals surface area contributed by atoms with E-state index in [9.17, 15) is 39.4 Å². The number of ether oxygens (including phenoxy) is 1. The zero-order valence-electron chi connectivity index (χ0n) is 69.5. The molecule has 5 aromatic carbocycles. The molecule has 6 aromatic rings. The minimum absolute atomic E-state index is 0.0207. The van der Waals surface area contributed by atoms with Crippen molar-refractivity contribution in [3.8, 4) is 17.1 Å². The molecule has 1 amide bonds. The lowest BCUT2D eigenvalue weighted by Gasteiger charge is -2.30. The molecule has 1 aromatic heterocycles. The lowest BCUT2D eigenvalue weighted by molar-refractivity contribution is -0.00214.